The van der Waals surface area contributed by atoms with Crippen LogP contribution < -0.4 is 9.47 Å². The lowest BCUT2D eigenvalue weighted by atomic mass is 9.94. The lowest BCUT2D eigenvalue weighted by Gasteiger charge is -2.21. The average Bonchev–Trinajstić information content (AvgIpc) is 2.91. The number of methoxy groups -OCH3 is 2. The highest BCUT2D eigenvalue weighted by atomic mass is 79.9. The van der Waals surface area contributed by atoms with Gasteiger partial charge in [-0.1, -0.05) is 28.8 Å². The molecule has 1 atom stereocenters. The van der Waals surface area contributed by atoms with E-state index in [0.29, 0.717) is 4.83 Å². The van der Waals surface area contributed by atoms with Crippen LogP contribution in [0.15, 0.2) is 12.1 Å². The number of alkyl halides is 1. The molecule has 0 bridgehead atoms. The number of hydrogen-bond acceptors (Lipinski definition) is 2. The van der Waals surface area contributed by atoms with Gasteiger partial charge in [0.2, 0.25) is 0 Å². The summed E-state index contributed by atoms with van der Waals surface area (Å²) in [6.45, 7) is 2.14. The maximum atomic E-state index is 5.40. The van der Waals surface area contributed by atoms with E-state index in [1.165, 1.54) is 36.8 Å². The summed E-state index contributed by atoms with van der Waals surface area (Å²) in [6.07, 6.45) is 5.37. The van der Waals surface area contributed by atoms with Gasteiger partial charge in [-0.15, -0.1) is 0 Å². The molecule has 0 amide bonds. The first-order valence-corrected chi connectivity index (χ1v) is 7.45. The Labute approximate surface area is 118 Å². The Morgan fingerprint density at radius 1 is 1.11 bits per heavy atom. The van der Waals surface area contributed by atoms with Gasteiger partial charge in [0.25, 0.3) is 0 Å². The van der Waals surface area contributed by atoms with E-state index < -0.39 is 0 Å². The molecule has 0 aromatic heterocycles. The van der Waals surface area contributed by atoms with Crippen LogP contribution in [-0.2, 0) is 0 Å². The van der Waals surface area contributed by atoms with E-state index in [0.717, 1.165) is 17.4 Å². The molecule has 0 N–H and O–H groups in total. The highest BCUT2D eigenvalue weighted by Crippen LogP contribution is 2.44. The van der Waals surface area contributed by atoms with Crippen LogP contribution in [0.5, 0.6) is 11.5 Å². The zero-order chi connectivity index (χ0) is 13.1. The van der Waals surface area contributed by atoms with E-state index in [9.17, 15) is 0 Å². The molecule has 1 unspecified atom stereocenters. The minimum absolute atomic E-state index is 0.430. The SMILES string of the molecule is COc1cc(C)c(C(Br)C2CCCC2)cc1OC. The van der Waals surface area contributed by atoms with Gasteiger partial charge in [-0.05, 0) is 48.9 Å². The van der Waals surface area contributed by atoms with E-state index in [4.69, 9.17) is 9.47 Å². The number of halogens is 1. The Bertz CT molecular complexity index is 411. The maximum absolute atomic E-state index is 5.40. The van der Waals surface area contributed by atoms with Gasteiger partial charge in [-0.25, -0.2) is 0 Å². The minimum Gasteiger partial charge on any atom is -0.493 e. The Morgan fingerprint density at radius 2 is 1.67 bits per heavy atom. The molecule has 1 saturated carbocycles. The highest BCUT2D eigenvalue weighted by Gasteiger charge is 2.26. The third kappa shape index (κ3) is 2.66. The normalized spacial score (nSPS) is 17.8. The summed E-state index contributed by atoms with van der Waals surface area (Å²) < 4.78 is 10.7. The number of benzene rings is 1. The number of aryl methyl sites for hydroxylation is 1. The summed E-state index contributed by atoms with van der Waals surface area (Å²) in [7, 11) is 3.37. The van der Waals surface area contributed by atoms with Crippen molar-refractivity contribution in [3.05, 3.63) is 23.3 Å². The first kappa shape index (κ1) is 13.7. The van der Waals surface area contributed by atoms with Crippen LogP contribution in [0.2, 0.25) is 0 Å². The molecule has 1 aliphatic carbocycles. The molecular weight excluding hydrogens is 292 g/mol. The van der Waals surface area contributed by atoms with Crippen molar-refractivity contribution >= 4 is 15.9 Å². The predicted octanol–water partition coefficient (Wildman–Crippen LogP) is 4.64. The van der Waals surface area contributed by atoms with Crippen LogP contribution in [0.3, 0.4) is 0 Å². The quantitative estimate of drug-likeness (QED) is 0.754. The molecule has 0 heterocycles. The van der Waals surface area contributed by atoms with Crippen LogP contribution in [0, 0.1) is 12.8 Å². The van der Waals surface area contributed by atoms with E-state index in [1.54, 1.807) is 14.2 Å². The summed E-state index contributed by atoms with van der Waals surface area (Å²) in [4.78, 5) is 0.430. The summed E-state index contributed by atoms with van der Waals surface area (Å²) in [5.74, 6) is 2.38. The van der Waals surface area contributed by atoms with Crippen LogP contribution >= 0.6 is 15.9 Å². The van der Waals surface area contributed by atoms with Crippen molar-refractivity contribution in [2.45, 2.75) is 37.4 Å². The standard InChI is InChI=1S/C15H21BrO2/c1-10-8-13(17-2)14(18-3)9-12(10)15(16)11-6-4-5-7-11/h8-9,11,15H,4-7H2,1-3H3. The molecule has 3 heteroatoms. The highest BCUT2D eigenvalue weighted by molar-refractivity contribution is 9.09. The smallest absolute Gasteiger partial charge is 0.161 e. The van der Waals surface area contributed by atoms with Gasteiger partial charge < -0.3 is 9.47 Å². The number of hydrogen-bond donors (Lipinski definition) is 0. The van der Waals surface area contributed by atoms with Crippen LogP contribution in [-0.4, -0.2) is 14.2 Å². The second-order valence-corrected chi connectivity index (χ2v) is 6.00. The fraction of sp³-hybridized carbons (Fsp3) is 0.600. The predicted molar refractivity (Wildman–Crippen MR) is 77.9 cm³/mol. The summed E-state index contributed by atoms with van der Waals surface area (Å²) in [5.41, 5.74) is 2.60. The fourth-order valence-electron chi connectivity index (χ4n) is 2.80. The van der Waals surface area contributed by atoms with Crippen molar-refractivity contribution in [2.24, 2.45) is 5.92 Å². The van der Waals surface area contributed by atoms with E-state index in [2.05, 4.69) is 35.0 Å². The van der Waals surface area contributed by atoms with Crippen molar-refractivity contribution in [3.63, 3.8) is 0 Å². The maximum Gasteiger partial charge on any atom is 0.161 e. The topological polar surface area (TPSA) is 18.5 Å². The molecule has 1 aromatic rings. The molecule has 0 aliphatic heterocycles. The second-order valence-electron chi connectivity index (χ2n) is 5.01. The van der Waals surface area contributed by atoms with Gasteiger partial charge in [-0.2, -0.15) is 0 Å². The van der Waals surface area contributed by atoms with Crippen molar-refractivity contribution < 1.29 is 9.47 Å². The first-order valence-electron chi connectivity index (χ1n) is 6.54. The van der Waals surface area contributed by atoms with E-state index in [-0.39, 0.29) is 0 Å². The van der Waals surface area contributed by atoms with Gasteiger partial charge >= 0.3 is 0 Å². The molecule has 18 heavy (non-hydrogen) atoms. The van der Waals surface area contributed by atoms with Gasteiger partial charge in [0.05, 0.1) is 14.2 Å². The van der Waals surface area contributed by atoms with Crippen molar-refractivity contribution in [1.82, 2.24) is 0 Å². The third-order valence-corrected chi connectivity index (χ3v) is 5.12. The van der Waals surface area contributed by atoms with Crippen molar-refractivity contribution in [2.75, 3.05) is 14.2 Å². The molecule has 1 fully saturated rings. The molecule has 0 saturated heterocycles. The van der Waals surface area contributed by atoms with Crippen LogP contribution in [0.1, 0.15) is 41.6 Å². The number of rotatable bonds is 4. The van der Waals surface area contributed by atoms with Gasteiger partial charge in [0.1, 0.15) is 0 Å². The van der Waals surface area contributed by atoms with Gasteiger partial charge in [-0.3, -0.25) is 0 Å². The summed E-state index contributed by atoms with van der Waals surface area (Å²) in [5, 5.41) is 0. The molecule has 2 rings (SSSR count). The molecule has 1 aromatic carbocycles. The Kier molecular flexibility index (Phi) is 4.55. The second kappa shape index (κ2) is 5.96. The molecular formula is C15H21BrO2. The molecule has 0 radical (unpaired) electrons. The lowest BCUT2D eigenvalue weighted by Crippen LogP contribution is -2.05. The van der Waals surface area contributed by atoms with E-state index in [1.807, 2.05) is 0 Å². The van der Waals surface area contributed by atoms with Crippen LogP contribution in [0.4, 0.5) is 0 Å². The van der Waals surface area contributed by atoms with Gasteiger partial charge in [0, 0.05) is 4.83 Å². The fourth-order valence-corrected chi connectivity index (χ4v) is 3.82. The Hall–Kier alpha value is -0.700. The molecule has 1 aliphatic rings. The van der Waals surface area contributed by atoms with Crippen molar-refractivity contribution in [3.8, 4) is 11.5 Å². The Balaban J connectivity index is 2.31. The Morgan fingerprint density at radius 3 is 2.22 bits per heavy atom. The zero-order valence-electron chi connectivity index (χ0n) is 11.3. The van der Waals surface area contributed by atoms with Crippen molar-refractivity contribution in [1.29, 1.82) is 0 Å². The first-order chi connectivity index (χ1) is 8.67. The number of ether oxygens (including phenoxy) is 2. The lowest BCUT2D eigenvalue weighted by molar-refractivity contribution is 0.354. The summed E-state index contributed by atoms with van der Waals surface area (Å²) in [6, 6.07) is 4.18. The zero-order valence-corrected chi connectivity index (χ0v) is 12.9. The summed E-state index contributed by atoms with van der Waals surface area (Å²) >= 11 is 3.88. The third-order valence-electron chi connectivity index (χ3n) is 3.88. The molecule has 100 valence electrons. The monoisotopic (exact) mass is 312 g/mol. The average molecular weight is 313 g/mol. The van der Waals surface area contributed by atoms with Crippen LogP contribution in [0.25, 0.3) is 0 Å². The van der Waals surface area contributed by atoms with Gasteiger partial charge in [0.15, 0.2) is 11.5 Å². The largest absolute Gasteiger partial charge is 0.493 e. The molecule has 2 nitrogen and oxygen atoms in total. The minimum atomic E-state index is 0.430. The van der Waals surface area contributed by atoms with E-state index >= 15 is 0 Å². The molecule has 0 spiro atoms.